The van der Waals surface area contributed by atoms with Crippen molar-refractivity contribution in [3.63, 3.8) is 0 Å². The molecule has 0 aliphatic rings. The zero-order chi connectivity index (χ0) is 12.8. The van der Waals surface area contributed by atoms with E-state index in [2.05, 4.69) is 44.9 Å². The van der Waals surface area contributed by atoms with Gasteiger partial charge in [0, 0.05) is 11.3 Å². The summed E-state index contributed by atoms with van der Waals surface area (Å²) in [4.78, 5) is 6.00. The molecule has 0 bridgehead atoms. The molecule has 1 aromatic heterocycles. The van der Waals surface area contributed by atoms with E-state index in [4.69, 9.17) is 0 Å². The van der Waals surface area contributed by atoms with E-state index in [1.807, 2.05) is 11.3 Å². The van der Waals surface area contributed by atoms with Crippen LogP contribution in [0.2, 0.25) is 0 Å². The van der Waals surface area contributed by atoms with Crippen LogP contribution in [-0.2, 0) is 6.42 Å². The fraction of sp³-hybridized carbons (Fsp3) is 0.786. The molecule has 0 saturated heterocycles. The normalized spacial score (nSPS) is 13.3. The van der Waals surface area contributed by atoms with Gasteiger partial charge in [-0.2, -0.15) is 0 Å². The molecule has 0 saturated carbocycles. The Morgan fingerprint density at radius 2 is 1.94 bits per heavy atom. The van der Waals surface area contributed by atoms with Crippen molar-refractivity contribution in [2.45, 2.75) is 47.5 Å². The van der Waals surface area contributed by atoms with Crippen molar-refractivity contribution in [1.82, 2.24) is 10.3 Å². The summed E-state index contributed by atoms with van der Waals surface area (Å²) in [5.41, 5.74) is 1.20. The minimum absolute atomic E-state index is 0.721. The summed E-state index contributed by atoms with van der Waals surface area (Å²) in [7, 11) is 0. The Morgan fingerprint density at radius 1 is 1.24 bits per heavy atom. The smallest absolute Gasteiger partial charge is 0.0934 e. The number of hydrogen-bond acceptors (Lipinski definition) is 3. The fourth-order valence-electron chi connectivity index (χ4n) is 1.81. The lowest BCUT2D eigenvalue weighted by atomic mass is 10.0. The number of aromatic nitrogens is 1. The Labute approximate surface area is 110 Å². The summed E-state index contributed by atoms with van der Waals surface area (Å²) in [6, 6.07) is 0. The molecular formula is C14H26N2S. The van der Waals surface area contributed by atoms with Crippen LogP contribution in [0.1, 0.15) is 42.8 Å². The zero-order valence-electron chi connectivity index (χ0n) is 11.8. The molecule has 1 rings (SSSR count). The van der Waals surface area contributed by atoms with Gasteiger partial charge in [-0.15, -0.1) is 11.3 Å². The molecule has 3 heteroatoms. The van der Waals surface area contributed by atoms with Crippen LogP contribution < -0.4 is 5.32 Å². The van der Waals surface area contributed by atoms with Crippen molar-refractivity contribution in [3.05, 3.63) is 15.6 Å². The monoisotopic (exact) mass is 254 g/mol. The summed E-state index contributed by atoms with van der Waals surface area (Å²) in [5, 5.41) is 4.86. The first-order valence-corrected chi connectivity index (χ1v) is 7.48. The second-order valence-corrected chi connectivity index (χ2v) is 6.57. The van der Waals surface area contributed by atoms with E-state index in [9.17, 15) is 0 Å². The molecule has 1 atom stereocenters. The Kier molecular flexibility index (Phi) is 6.14. The van der Waals surface area contributed by atoms with Gasteiger partial charge >= 0.3 is 0 Å². The molecule has 0 fully saturated rings. The summed E-state index contributed by atoms with van der Waals surface area (Å²) in [6.45, 7) is 13.3. The first-order chi connectivity index (χ1) is 8.02. The van der Waals surface area contributed by atoms with E-state index in [1.54, 1.807) is 0 Å². The minimum atomic E-state index is 0.721. The van der Waals surface area contributed by atoms with Gasteiger partial charge in [0.05, 0.1) is 10.7 Å². The van der Waals surface area contributed by atoms with Gasteiger partial charge in [-0.1, -0.05) is 27.2 Å². The number of thiazole rings is 1. The highest BCUT2D eigenvalue weighted by Crippen LogP contribution is 2.20. The van der Waals surface area contributed by atoms with Gasteiger partial charge < -0.3 is 5.32 Å². The molecule has 0 amide bonds. The minimum Gasteiger partial charge on any atom is -0.316 e. The average molecular weight is 254 g/mol. The molecule has 0 spiro atoms. The molecule has 17 heavy (non-hydrogen) atoms. The third-order valence-corrected chi connectivity index (χ3v) is 4.19. The van der Waals surface area contributed by atoms with Crippen molar-refractivity contribution < 1.29 is 0 Å². The van der Waals surface area contributed by atoms with Crippen molar-refractivity contribution in [1.29, 1.82) is 0 Å². The van der Waals surface area contributed by atoms with Gasteiger partial charge in [-0.25, -0.2) is 4.98 Å². The third-order valence-electron chi connectivity index (χ3n) is 3.10. The molecule has 2 nitrogen and oxygen atoms in total. The second-order valence-electron chi connectivity index (χ2n) is 5.28. The van der Waals surface area contributed by atoms with Crippen molar-refractivity contribution in [2.24, 2.45) is 11.8 Å². The van der Waals surface area contributed by atoms with Crippen molar-refractivity contribution in [3.8, 4) is 0 Å². The van der Waals surface area contributed by atoms with Crippen LogP contribution in [0, 0.1) is 25.7 Å². The molecule has 1 unspecified atom stereocenters. The molecule has 1 heterocycles. The first-order valence-electron chi connectivity index (χ1n) is 6.66. The molecule has 0 aliphatic carbocycles. The second kappa shape index (κ2) is 7.12. The predicted octanol–water partition coefficient (Wildman–Crippen LogP) is 3.57. The van der Waals surface area contributed by atoms with Crippen LogP contribution in [0.3, 0.4) is 0 Å². The topological polar surface area (TPSA) is 24.9 Å². The van der Waals surface area contributed by atoms with Gasteiger partial charge in [0.15, 0.2) is 0 Å². The molecular weight excluding hydrogens is 228 g/mol. The zero-order valence-corrected chi connectivity index (χ0v) is 12.7. The van der Waals surface area contributed by atoms with E-state index >= 15 is 0 Å². The molecule has 0 aliphatic heterocycles. The van der Waals surface area contributed by atoms with Crippen LogP contribution in [0.5, 0.6) is 0 Å². The lowest BCUT2D eigenvalue weighted by Gasteiger charge is -2.15. The lowest BCUT2D eigenvalue weighted by Crippen LogP contribution is -2.27. The Hall–Kier alpha value is -0.410. The van der Waals surface area contributed by atoms with Gasteiger partial charge in [-0.3, -0.25) is 0 Å². The van der Waals surface area contributed by atoms with Crippen molar-refractivity contribution >= 4 is 11.3 Å². The lowest BCUT2D eigenvalue weighted by molar-refractivity contribution is 0.437. The molecule has 98 valence electrons. The number of hydrogen-bond donors (Lipinski definition) is 1. The first kappa shape index (κ1) is 14.7. The van der Waals surface area contributed by atoms with Crippen LogP contribution in [0.15, 0.2) is 0 Å². The van der Waals surface area contributed by atoms with Crippen molar-refractivity contribution in [2.75, 3.05) is 13.1 Å². The summed E-state index contributed by atoms with van der Waals surface area (Å²) < 4.78 is 0. The molecule has 0 aromatic carbocycles. The summed E-state index contributed by atoms with van der Waals surface area (Å²) in [5.74, 6) is 1.45. The average Bonchev–Trinajstić information content (AvgIpc) is 2.56. The van der Waals surface area contributed by atoms with Crippen LogP contribution >= 0.6 is 11.3 Å². The van der Waals surface area contributed by atoms with E-state index in [0.717, 1.165) is 31.3 Å². The summed E-state index contributed by atoms with van der Waals surface area (Å²) >= 11 is 1.86. The molecule has 0 radical (unpaired) electrons. The number of nitrogens with one attached hydrogen (secondary N) is 1. The van der Waals surface area contributed by atoms with Crippen LogP contribution in [-0.4, -0.2) is 18.1 Å². The van der Waals surface area contributed by atoms with Crippen LogP contribution in [0.4, 0.5) is 0 Å². The summed E-state index contributed by atoms with van der Waals surface area (Å²) in [6.07, 6.45) is 2.35. The van der Waals surface area contributed by atoms with E-state index in [-0.39, 0.29) is 0 Å². The van der Waals surface area contributed by atoms with Crippen LogP contribution in [0.25, 0.3) is 0 Å². The number of rotatable bonds is 7. The molecule has 1 aromatic rings. The Bertz CT molecular complexity index is 311. The number of aryl methyl sites for hydroxylation is 2. The predicted molar refractivity (Wildman–Crippen MR) is 76.8 cm³/mol. The van der Waals surface area contributed by atoms with Gasteiger partial charge in [-0.05, 0) is 38.8 Å². The Balaban J connectivity index is 2.41. The SMILES string of the molecule is CCC(CNCC(C)C)Cc1nc(C)c(C)s1. The largest absolute Gasteiger partial charge is 0.316 e. The van der Waals surface area contributed by atoms with Gasteiger partial charge in [0.25, 0.3) is 0 Å². The van der Waals surface area contributed by atoms with Gasteiger partial charge in [0.2, 0.25) is 0 Å². The highest BCUT2D eigenvalue weighted by Gasteiger charge is 2.11. The maximum absolute atomic E-state index is 4.63. The van der Waals surface area contributed by atoms with E-state index in [1.165, 1.54) is 22.0 Å². The van der Waals surface area contributed by atoms with E-state index in [0.29, 0.717) is 0 Å². The fourth-order valence-corrected chi connectivity index (χ4v) is 2.86. The highest BCUT2D eigenvalue weighted by atomic mass is 32.1. The number of nitrogens with zero attached hydrogens (tertiary/aromatic N) is 1. The standard InChI is InChI=1S/C14H26N2S/c1-6-13(9-15-8-10(2)3)7-14-16-11(4)12(5)17-14/h10,13,15H,6-9H2,1-5H3. The maximum atomic E-state index is 4.63. The maximum Gasteiger partial charge on any atom is 0.0934 e. The Morgan fingerprint density at radius 3 is 2.41 bits per heavy atom. The van der Waals surface area contributed by atoms with E-state index < -0.39 is 0 Å². The van der Waals surface area contributed by atoms with Gasteiger partial charge in [0.1, 0.15) is 0 Å². The quantitative estimate of drug-likeness (QED) is 0.804. The highest BCUT2D eigenvalue weighted by molar-refractivity contribution is 7.11. The molecule has 1 N–H and O–H groups in total. The third kappa shape index (κ3) is 5.17.